The van der Waals surface area contributed by atoms with Gasteiger partial charge in [-0.3, -0.25) is 9.89 Å². The fraction of sp³-hybridized carbons (Fsp3) is 0.524. The molecule has 1 saturated heterocycles. The van der Waals surface area contributed by atoms with Crippen molar-refractivity contribution < 1.29 is 9.26 Å². The molecule has 1 N–H and O–H groups in total. The second-order valence-corrected chi connectivity index (χ2v) is 7.00. The zero-order valence-corrected chi connectivity index (χ0v) is 19.7. The van der Waals surface area contributed by atoms with Crippen molar-refractivity contribution in [3.63, 3.8) is 0 Å². The molecule has 0 aliphatic carbocycles. The number of guanidine groups is 1. The Morgan fingerprint density at radius 3 is 2.59 bits per heavy atom. The van der Waals surface area contributed by atoms with E-state index in [1.54, 1.807) is 6.26 Å². The Morgan fingerprint density at radius 1 is 1.17 bits per heavy atom. The first-order valence-electron chi connectivity index (χ1n) is 10.1. The molecule has 1 fully saturated rings. The number of piperazine rings is 1. The van der Waals surface area contributed by atoms with Crippen LogP contribution >= 0.6 is 24.0 Å². The molecule has 1 aliphatic rings. The lowest BCUT2D eigenvalue weighted by molar-refractivity contribution is 0.169. The van der Waals surface area contributed by atoms with Gasteiger partial charge in [0.2, 0.25) is 0 Å². The minimum absolute atomic E-state index is 0. The van der Waals surface area contributed by atoms with Gasteiger partial charge in [-0.25, -0.2) is 0 Å². The van der Waals surface area contributed by atoms with E-state index < -0.39 is 0 Å². The lowest BCUT2D eigenvalue weighted by atomic mass is 10.2. The van der Waals surface area contributed by atoms with Gasteiger partial charge in [-0.2, -0.15) is 0 Å². The zero-order valence-electron chi connectivity index (χ0n) is 17.3. The van der Waals surface area contributed by atoms with Crippen molar-refractivity contribution in [2.75, 3.05) is 45.9 Å². The average Bonchev–Trinajstić information content (AvgIpc) is 3.22. The molecule has 0 radical (unpaired) electrons. The second-order valence-electron chi connectivity index (χ2n) is 7.00. The summed E-state index contributed by atoms with van der Waals surface area (Å²) in [6, 6.07) is 10.1. The van der Waals surface area contributed by atoms with E-state index in [9.17, 15) is 0 Å². The number of hydrogen-bond acceptors (Lipinski definition) is 5. The summed E-state index contributed by atoms with van der Waals surface area (Å²) < 4.78 is 10.7. The number of nitrogens with one attached hydrogen (secondary N) is 1. The predicted molar refractivity (Wildman–Crippen MR) is 126 cm³/mol. The third-order valence-corrected chi connectivity index (χ3v) is 4.74. The van der Waals surface area contributed by atoms with Gasteiger partial charge in [-0.1, -0.05) is 22.9 Å². The van der Waals surface area contributed by atoms with Gasteiger partial charge in [0.25, 0.3) is 0 Å². The smallest absolute Gasteiger partial charge is 0.194 e. The summed E-state index contributed by atoms with van der Waals surface area (Å²) in [4.78, 5) is 9.52. The Hall–Kier alpha value is -1.81. The van der Waals surface area contributed by atoms with Crippen molar-refractivity contribution in [3.8, 4) is 5.75 Å². The quantitative estimate of drug-likeness (QED) is 0.253. The molecule has 160 valence electrons. The lowest BCUT2D eigenvalue weighted by Gasteiger charge is -2.36. The Bertz CT molecular complexity index is 713. The Morgan fingerprint density at radius 2 is 1.93 bits per heavy atom. The van der Waals surface area contributed by atoms with Crippen molar-refractivity contribution in [1.29, 1.82) is 0 Å². The van der Waals surface area contributed by atoms with Gasteiger partial charge < -0.3 is 19.5 Å². The summed E-state index contributed by atoms with van der Waals surface area (Å²) in [5.41, 5.74) is 2.23. The number of aromatic nitrogens is 1. The number of aliphatic imine (C=N–C) groups is 1. The molecule has 0 bridgehead atoms. The van der Waals surface area contributed by atoms with Gasteiger partial charge in [0.15, 0.2) is 5.96 Å². The van der Waals surface area contributed by atoms with E-state index in [0.29, 0.717) is 6.61 Å². The number of halogens is 1. The molecule has 3 rings (SSSR count). The zero-order chi connectivity index (χ0) is 19.6. The van der Waals surface area contributed by atoms with Crippen molar-refractivity contribution in [2.45, 2.75) is 26.8 Å². The molecule has 8 heteroatoms. The predicted octanol–water partition coefficient (Wildman–Crippen LogP) is 3.15. The highest BCUT2D eigenvalue weighted by Crippen LogP contribution is 2.11. The topological polar surface area (TPSA) is 66.1 Å². The minimum atomic E-state index is 0. The van der Waals surface area contributed by atoms with E-state index in [0.717, 1.165) is 69.6 Å². The molecule has 0 spiro atoms. The minimum Gasteiger partial charge on any atom is -0.494 e. The summed E-state index contributed by atoms with van der Waals surface area (Å²) in [7, 11) is 0. The van der Waals surface area contributed by atoms with E-state index in [1.807, 2.05) is 18.2 Å². The van der Waals surface area contributed by atoms with Gasteiger partial charge in [0, 0.05) is 58.3 Å². The first-order valence-corrected chi connectivity index (χ1v) is 10.1. The summed E-state index contributed by atoms with van der Waals surface area (Å²) in [5.74, 6) is 1.92. The molecule has 0 atom stereocenters. The van der Waals surface area contributed by atoms with Crippen LogP contribution < -0.4 is 10.1 Å². The van der Waals surface area contributed by atoms with Crippen LogP contribution in [0.2, 0.25) is 0 Å². The van der Waals surface area contributed by atoms with Crippen LogP contribution in [0.25, 0.3) is 0 Å². The van der Waals surface area contributed by atoms with Crippen LogP contribution in [0, 0.1) is 6.92 Å². The van der Waals surface area contributed by atoms with Crippen LogP contribution in [0.4, 0.5) is 0 Å². The third-order valence-electron chi connectivity index (χ3n) is 4.74. The maximum Gasteiger partial charge on any atom is 0.194 e. The standard InChI is InChI=1S/C21H31N5O2.HI/c1-3-22-21(23-10-4-15-27-20-7-5-18(2)6-8-20)26-13-11-25(12-14-26)17-19-9-16-28-24-19;/h5-9,16H,3-4,10-15,17H2,1-2H3,(H,22,23);1H. The van der Waals surface area contributed by atoms with Crippen LogP contribution in [-0.4, -0.2) is 66.8 Å². The van der Waals surface area contributed by atoms with E-state index in [2.05, 4.69) is 46.3 Å². The number of nitrogens with zero attached hydrogens (tertiary/aromatic N) is 4. The first kappa shape index (κ1) is 23.5. The highest BCUT2D eigenvalue weighted by molar-refractivity contribution is 14.0. The van der Waals surface area contributed by atoms with Gasteiger partial charge in [0.05, 0.1) is 12.3 Å². The summed E-state index contributed by atoms with van der Waals surface area (Å²) in [6.07, 6.45) is 2.53. The van der Waals surface area contributed by atoms with E-state index in [-0.39, 0.29) is 24.0 Å². The molecule has 7 nitrogen and oxygen atoms in total. The number of aryl methyl sites for hydroxylation is 1. The second kappa shape index (κ2) is 12.7. The van der Waals surface area contributed by atoms with Gasteiger partial charge in [-0.05, 0) is 26.0 Å². The SMILES string of the molecule is CCNC(=NCCCOc1ccc(C)cc1)N1CCN(Cc2ccon2)CC1.I. The molecule has 2 heterocycles. The van der Waals surface area contributed by atoms with Gasteiger partial charge in [-0.15, -0.1) is 24.0 Å². The summed E-state index contributed by atoms with van der Waals surface area (Å²) >= 11 is 0. The molecule has 0 saturated carbocycles. The summed E-state index contributed by atoms with van der Waals surface area (Å²) in [6.45, 7) is 11.2. The van der Waals surface area contributed by atoms with Crippen molar-refractivity contribution in [1.82, 2.24) is 20.3 Å². The van der Waals surface area contributed by atoms with Crippen LogP contribution in [0.1, 0.15) is 24.6 Å². The molecule has 2 aromatic rings. The highest BCUT2D eigenvalue weighted by Gasteiger charge is 2.20. The van der Waals surface area contributed by atoms with Crippen molar-refractivity contribution >= 4 is 29.9 Å². The Kier molecular flexibility index (Phi) is 10.3. The van der Waals surface area contributed by atoms with E-state index >= 15 is 0 Å². The fourth-order valence-electron chi connectivity index (χ4n) is 3.17. The molecule has 0 unspecified atom stereocenters. The molecule has 29 heavy (non-hydrogen) atoms. The number of hydrogen-bond donors (Lipinski definition) is 1. The first-order chi connectivity index (χ1) is 13.7. The molecular weight excluding hydrogens is 481 g/mol. The van der Waals surface area contributed by atoms with Crippen LogP contribution in [0.3, 0.4) is 0 Å². The van der Waals surface area contributed by atoms with Gasteiger partial charge in [0.1, 0.15) is 12.0 Å². The molecular formula is C21H32IN5O2. The Balaban J connectivity index is 0.00000300. The average molecular weight is 513 g/mol. The normalized spacial score (nSPS) is 15.1. The largest absolute Gasteiger partial charge is 0.494 e. The van der Waals surface area contributed by atoms with Crippen molar-refractivity contribution in [3.05, 3.63) is 47.9 Å². The molecule has 1 aliphatic heterocycles. The fourth-order valence-corrected chi connectivity index (χ4v) is 3.17. The van der Waals surface area contributed by atoms with E-state index in [1.165, 1.54) is 5.56 Å². The van der Waals surface area contributed by atoms with Crippen LogP contribution in [0.5, 0.6) is 5.75 Å². The molecule has 1 aromatic heterocycles. The van der Waals surface area contributed by atoms with Crippen LogP contribution in [0.15, 0.2) is 46.1 Å². The van der Waals surface area contributed by atoms with Crippen molar-refractivity contribution in [2.24, 2.45) is 4.99 Å². The lowest BCUT2D eigenvalue weighted by Crippen LogP contribution is -2.52. The van der Waals surface area contributed by atoms with E-state index in [4.69, 9.17) is 14.3 Å². The molecule has 0 amide bonds. The number of ether oxygens (including phenoxy) is 1. The molecule has 1 aromatic carbocycles. The van der Waals surface area contributed by atoms with Gasteiger partial charge >= 0.3 is 0 Å². The van der Waals surface area contributed by atoms with Crippen LogP contribution in [-0.2, 0) is 6.54 Å². The Labute approximate surface area is 190 Å². The summed E-state index contributed by atoms with van der Waals surface area (Å²) in [5, 5.41) is 7.42. The maximum absolute atomic E-state index is 5.79. The monoisotopic (exact) mass is 513 g/mol. The number of rotatable bonds is 8. The maximum atomic E-state index is 5.79. The highest BCUT2D eigenvalue weighted by atomic mass is 127. The third kappa shape index (κ3) is 7.85. The number of benzene rings is 1.